The lowest BCUT2D eigenvalue weighted by Gasteiger charge is -2.31. The molecule has 2 fully saturated rings. The number of carbonyl (C=O) groups excluding carboxylic acids is 11. The van der Waals surface area contributed by atoms with Crippen LogP contribution in [0, 0.1) is 5.92 Å². The Labute approximate surface area is 412 Å². The summed E-state index contributed by atoms with van der Waals surface area (Å²) in [7, 11) is 2.04. The Balaban J connectivity index is 2.04. The van der Waals surface area contributed by atoms with E-state index in [0.717, 1.165) is 21.6 Å². The molecule has 1 unspecified atom stereocenters. The average molecular weight is 1020 g/mol. The van der Waals surface area contributed by atoms with Crippen molar-refractivity contribution in [1.29, 1.82) is 0 Å². The van der Waals surface area contributed by atoms with Gasteiger partial charge in [-0.15, -0.1) is 0 Å². The first-order chi connectivity index (χ1) is 33.1. The number of unbranched alkanes of at least 4 members (excludes halogenated alkanes) is 1. The standard InChI is InChI=1S/C43H67N13O12S2/c1-3-22(2)35-42(67)51-27(13-14-32(46)58)38(63)53-29(18-33(47)59)39(64)54-30(21-70-69-20-25(45)36(61)52-28(40(65)55-35)17-23-9-11-24(57)12-10-23)43(68)56-16-6-8-31(56)41(66)50-26(7-4-5-15-44)37(62)49-19-34(48)60/h9-12,22,25-31,35,57H,3-8,13-21,44-45H2,1-2H3,(H2,46,58)(H2,47,59)(H2,48,60)(H,49,62)(H,50,66)(H,51,67)(H,52,61)(H,53,63)(H,54,64)(H,55,65)/t22-,25-,26-,27-,28-,29-,30-,31-,35?/m0/s1. The average Bonchev–Trinajstić information content (AvgIpc) is 3.81. The SMILES string of the molecule is CC[C@H](C)C1NC(=O)[C@H](Cc2ccc(O)cc2)NC(=O)[C@@H](N)CSSC[C@@H](C(=O)N2CCC[C@H]2C(=O)N[C@@H](CCCCN)C(=O)NCC(N)=O)NC(=O)[C@H](CC(N)=O)NC(=O)[C@H](CCC(N)=O)NC1=O. The first-order valence-corrected chi connectivity index (χ1v) is 25.4. The number of amides is 11. The molecule has 0 aliphatic carbocycles. The number of nitrogens with zero attached hydrogens (tertiary/aromatic N) is 1. The van der Waals surface area contributed by atoms with Crippen molar-refractivity contribution >= 4 is 86.6 Å². The molecule has 388 valence electrons. The van der Waals surface area contributed by atoms with Crippen molar-refractivity contribution in [2.45, 2.75) is 126 Å². The number of phenolic OH excluding ortho intramolecular Hbond substituents is 1. The molecule has 9 atom stereocenters. The highest BCUT2D eigenvalue weighted by Crippen LogP contribution is 2.26. The smallest absolute Gasteiger partial charge is 0.246 e. The summed E-state index contributed by atoms with van der Waals surface area (Å²) in [6.07, 6.45) is 0.187. The number of carbonyl (C=O) groups is 11. The predicted molar refractivity (Wildman–Crippen MR) is 258 cm³/mol. The lowest BCUT2D eigenvalue weighted by atomic mass is 9.96. The molecule has 0 saturated carbocycles. The van der Waals surface area contributed by atoms with Gasteiger partial charge in [-0.25, -0.2) is 0 Å². The number of hydrogen-bond acceptors (Lipinski definition) is 16. The number of nitrogens with one attached hydrogen (secondary N) is 7. The highest BCUT2D eigenvalue weighted by atomic mass is 33.1. The Morgan fingerprint density at radius 1 is 0.800 bits per heavy atom. The summed E-state index contributed by atoms with van der Waals surface area (Å²) in [6.45, 7) is 3.26. The molecule has 2 aliphatic rings. The van der Waals surface area contributed by atoms with Crippen LogP contribution in [-0.2, 0) is 59.2 Å². The number of aromatic hydroxyl groups is 1. The van der Waals surface area contributed by atoms with Crippen molar-refractivity contribution in [1.82, 2.24) is 42.1 Å². The van der Waals surface area contributed by atoms with Crippen LogP contribution in [0.3, 0.4) is 0 Å². The molecule has 2 heterocycles. The van der Waals surface area contributed by atoms with Gasteiger partial charge in [0.15, 0.2) is 0 Å². The van der Waals surface area contributed by atoms with Gasteiger partial charge in [0.05, 0.1) is 19.0 Å². The van der Waals surface area contributed by atoms with Gasteiger partial charge in [0, 0.05) is 30.9 Å². The zero-order valence-corrected chi connectivity index (χ0v) is 40.8. The molecular weight excluding hydrogens is 955 g/mol. The molecule has 1 aromatic rings. The van der Waals surface area contributed by atoms with E-state index in [1.54, 1.807) is 13.8 Å². The van der Waals surface area contributed by atoms with Gasteiger partial charge < -0.3 is 75.9 Å². The van der Waals surface area contributed by atoms with Gasteiger partial charge in [0.2, 0.25) is 65.0 Å². The van der Waals surface area contributed by atoms with Gasteiger partial charge in [0.25, 0.3) is 0 Å². The molecular formula is C43H67N13O12S2. The second-order valence-corrected chi connectivity index (χ2v) is 19.6. The fraction of sp³-hybridized carbons (Fsp3) is 0.605. The first kappa shape index (κ1) is 58.1. The maximum absolute atomic E-state index is 14.5. The van der Waals surface area contributed by atoms with Crippen LogP contribution < -0.4 is 65.9 Å². The fourth-order valence-corrected chi connectivity index (χ4v) is 9.68. The highest BCUT2D eigenvalue weighted by molar-refractivity contribution is 8.76. The van der Waals surface area contributed by atoms with E-state index in [0.29, 0.717) is 37.8 Å². The Hall–Kier alpha value is -6.19. The molecule has 2 aliphatic heterocycles. The summed E-state index contributed by atoms with van der Waals surface area (Å²) >= 11 is 0. The quantitative estimate of drug-likeness (QED) is 0.0459. The third-order valence-electron chi connectivity index (χ3n) is 11.5. The fourth-order valence-electron chi connectivity index (χ4n) is 7.40. The van der Waals surface area contributed by atoms with E-state index in [9.17, 15) is 57.8 Å². The predicted octanol–water partition coefficient (Wildman–Crippen LogP) is -4.53. The number of primary amides is 3. The van der Waals surface area contributed by atoms with Crippen LogP contribution in [0.2, 0.25) is 0 Å². The Morgan fingerprint density at radius 3 is 2.06 bits per heavy atom. The number of phenols is 1. The minimum Gasteiger partial charge on any atom is -0.508 e. The highest BCUT2D eigenvalue weighted by Gasteiger charge is 2.41. The molecule has 11 amide bonds. The van der Waals surface area contributed by atoms with Crippen LogP contribution in [0.15, 0.2) is 24.3 Å². The normalized spacial score (nSPS) is 24.0. The first-order valence-electron chi connectivity index (χ1n) is 22.9. The second kappa shape index (κ2) is 29.1. The number of nitrogens with two attached hydrogens (primary N) is 5. The van der Waals surface area contributed by atoms with Gasteiger partial charge in [0.1, 0.15) is 48.0 Å². The van der Waals surface area contributed by atoms with Gasteiger partial charge >= 0.3 is 0 Å². The minimum atomic E-state index is -1.76. The van der Waals surface area contributed by atoms with Crippen molar-refractivity contribution in [3.8, 4) is 5.75 Å². The minimum absolute atomic E-state index is 0.0388. The Kier molecular flexibility index (Phi) is 24.2. The lowest BCUT2D eigenvalue weighted by molar-refractivity contribution is -0.142. The number of hydrogen-bond donors (Lipinski definition) is 13. The topological polar surface area (TPSA) is 426 Å². The third-order valence-corrected chi connectivity index (χ3v) is 14.0. The molecule has 0 radical (unpaired) electrons. The van der Waals surface area contributed by atoms with Crippen LogP contribution in [-0.4, -0.2) is 154 Å². The molecule has 3 rings (SSSR count). The van der Waals surface area contributed by atoms with Crippen molar-refractivity contribution in [2.24, 2.45) is 34.6 Å². The van der Waals surface area contributed by atoms with Crippen LogP contribution in [0.1, 0.15) is 77.2 Å². The van der Waals surface area contributed by atoms with Crippen LogP contribution in [0.5, 0.6) is 5.75 Å². The van der Waals surface area contributed by atoms with Gasteiger partial charge in [-0.2, -0.15) is 0 Å². The lowest BCUT2D eigenvalue weighted by Crippen LogP contribution is -2.61. The van der Waals surface area contributed by atoms with E-state index in [1.165, 1.54) is 29.2 Å². The zero-order valence-electron chi connectivity index (χ0n) is 39.2. The van der Waals surface area contributed by atoms with E-state index in [4.69, 9.17) is 28.7 Å². The Bertz CT molecular complexity index is 2050. The van der Waals surface area contributed by atoms with Crippen molar-refractivity contribution < 1.29 is 57.8 Å². The largest absolute Gasteiger partial charge is 0.508 e. The third kappa shape index (κ3) is 19.0. The summed E-state index contributed by atoms with van der Waals surface area (Å²) < 4.78 is 0. The maximum atomic E-state index is 14.5. The summed E-state index contributed by atoms with van der Waals surface area (Å²) in [5.74, 6) is -10.4. The zero-order chi connectivity index (χ0) is 52.1. The molecule has 27 heteroatoms. The maximum Gasteiger partial charge on any atom is 0.246 e. The van der Waals surface area contributed by atoms with Gasteiger partial charge in [-0.05, 0) is 68.7 Å². The summed E-state index contributed by atoms with van der Waals surface area (Å²) in [5, 5.41) is 27.7. The molecule has 25 nitrogen and oxygen atoms in total. The molecule has 0 aromatic heterocycles. The number of benzene rings is 1. The number of likely N-dealkylation sites (tertiary alicyclic amines) is 1. The summed E-state index contributed by atoms with van der Waals surface area (Å²) in [6, 6.07) is -5.13. The van der Waals surface area contributed by atoms with E-state index in [1.807, 2.05) is 0 Å². The van der Waals surface area contributed by atoms with E-state index in [-0.39, 0.29) is 43.1 Å². The molecule has 70 heavy (non-hydrogen) atoms. The van der Waals surface area contributed by atoms with Crippen LogP contribution >= 0.6 is 21.6 Å². The van der Waals surface area contributed by atoms with Crippen molar-refractivity contribution in [2.75, 3.05) is 31.1 Å². The van der Waals surface area contributed by atoms with E-state index >= 15 is 0 Å². The van der Waals surface area contributed by atoms with Crippen LogP contribution in [0.4, 0.5) is 0 Å². The van der Waals surface area contributed by atoms with Crippen molar-refractivity contribution in [3.63, 3.8) is 0 Å². The van der Waals surface area contributed by atoms with E-state index in [2.05, 4.69) is 37.2 Å². The molecule has 0 bridgehead atoms. The molecule has 1 aromatic carbocycles. The number of rotatable bonds is 19. The molecule has 2 saturated heterocycles. The van der Waals surface area contributed by atoms with Crippen molar-refractivity contribution in [3.05, 3.63) is 29.8 Å². The van der Waals surface area contributed by atoms with Crippen LogP contribution in [0.25, 0.3) is 0 Å². The molecule has 0 spiro atoms. The van der Waals surface area contributed by atoms with E-state index < -0.39 is 145 Å². The molecule has 18 N–H and O–H groups in total. The second-order valence-electron chi connectivity index (χ2n) is 17.1. The van der Waals surface area contributed by atoms with Gasteiger partial charge in [-0.3, -0.25) is 52.7 Å². The monoisotopic (exact) mass is 1020 g/mol. The Morgan fingerprint density at radius 2 is 1.43 bits per heavy atom. The van der Waals surface area contributed by atoms with Gasteiger partial charge in [-0.1, -0.05) is 54.0 Å². The summed E-state index contributed by atoms with van der Waals surface area (Å²) in [5.41, 5.74) is 28.6. The summed E-state index contributed by atoms with van der Waals surface area (Å²) in [4.78, 5) is 148.